The van der Waals surface area contributed by atoms with Gasteiger partial charge in [-0.1, -0.05) is 18.5 Å². The van der Waals surface area contributed by atoms with Crippen LogP contribution in [0.15, 0.2) is 21.5 Å². The number of carbonyl (C=O) groups excluding carboxylic acids is 1. The molecule has 0 saturated carbocycles. The molecule has 1 unspecified atom stereocenters. The third-order valence-corrected chi connectivity index (χ3v) is 5.00. The topological polar surface area (TPSA) is 86.5 Å². The van der Waals surface area contributed by atoms with E-state index in [0.717, 1.165) is 6.07 Å². The Morgan fingerprint density at radius 1 is 1.53 bits per heavy atom. The predicted octanol–water partition coefficient (Wildman–Crippen LogP) is 2.71. The number of carbonyl (C=O) groups is 1. The second kappa shape index (κ2) is 6.21. The molecule has 1 aromatic carbocycles. The van der Waals surface area contributed by atoms with Gasteiger partial charge >= 0.3 is 5.97 Å². The lowest BCUT2D eigenvalue weighted by Gasteiger charge is -2.12. The van der Waals surface area contributed by atoms with Crippen molar-refractivity contribution in [3.63, 3.8) is 0 Å². The smallest absolute Gasteiger partial charge is 0.338 e. The maximum Gasteiger partial charge on any atom is 0.338 e. The van der Waals surface area contributed by atoms with Gasteiger partial charge < -0.3 is 4.74 Å². The van der Waals surface area contributed by atoms with Gasteiger partial charge in [0.25, 0.3) is 0 Å². The van der Waals surface area contributed by atoms with E-state index in [0.29, 0.717) is 6.42 Å². The van der Waals surface area contributed by atoms with E-state index in [9.17, 15) is 13.2 Å². The van der Waals surface area contributed by atoms with Crippen molar-refractivity contribution >= 4 is 43.5 Å². The number of hydrogen-bond donors (Lipinski definition) is 1. The Morgan fingerprint density at radius 3 is 2.58 bits per heavy atom. The number of sulfonamides is 1. The van der Waals surface area contributed by atoms with Gasteiger partial charge in [-0.25, -0.2) is 18.4 Å². The summed E-state index contributed by atoms with van der Waals surface area (Å²) in [7, 11) is -3.99. The fourth-order valence-corrected chi connectivity index (χ4v) is 3.05. The molecular formula is C11H13BrClNO4S. The van der Waals surface area contributed by atoms with Crippen molar-refractivity contribution in [3.8, 4) is 0 Å². The molecule has 0 heterocycles. The zero-order valence-electron chi connectivity index (χ0n) is 10.3. The SMILES string of the molecule is CCC(C)OC(=O)c1cc(Cl)c(Br)c(S(N)(=O)=O)c1. The van der Waals surface area contributed by atoms with E-state index in [4.69, 9.17) is 21.5 Å². The number of ether oxygens (including phenoxy) is 1. The fourth-order valence-electron chi connectivity index (χ4n) is 1.22. The number of nitrogens with two attached hydrogens (primary N) is 1. The van der Waals surface area contributed by atoms with Crippen molar-refractivity contribution in [1.82, 2.24) is 0 Å². The Hall–Kier alpha value is -0.630. The number of hydrogen-bond acceptors (Lipinski definition) is 4. The van der Waals surface area contributed by atoms with E-state index in [2.05, 4.69) is 15.9 Å². The van der Waals surface area contributed by atoms with Crippen LogP contribution < -0.4 is 5.14 Å². The van der Waals surface area contributed by atoms with Crippen molar-refractivity contribution < 1.29 is 17.9 Å². The fraction of sp³-hybridized carbons (Fsp3) is 0.364. The van der Waals surface area contributed by atoms with Crippen LogP contribution in [-0.4, -0.2) is 20.5 Å². The van der Waals surface area contributed by atoms with Crippen LogP contribution in [0.5, 0.6) is 0 Å². The van der Waals surface area contributed by atoms with Gasteiger partial charge in [0.2, 0.25) is 10.0 Å². The number of halogens is 2. The highest BCUT2D eigenvalue weighted by Crippen LogP contribution is 2.31. The minimum atomic E-state index is -3.99. The molecule has 0 aliphatic carbocycles. The number of esters is 1. The molecule has 0 radical (unpaired) electrons. The zero-order valence-corrected chi connectivity index (χ0v) is 13.5. The molecule has 0 aromatic heterocycles. The van der Waals surface area contributed by atoms with E-state index < -0.39 is 16.0 Å². The largest absolute Gasteiger partial charge is 0.459 e. The molecule has 0 aliphatic heterocycles. The van der Waals surface area contributed by atoms with Gasteiger partial charge in [-0.3, -0.25) is 0 Å². The van der Waals surface area contributed by atoms with Crippen LogP contribution >= 0.6 is 27.5 Å². The summed E-state index contributed by atoms with van der Waals surface area (Å²) in [4.78, 5) is 11.6. The quantitative estimate of drug-likeness (QED) is 0.826. The summed E-state index contributed by atoms with van der Waals surface area (Å²) < 4.78 is 28.0. The first kappa shape index (κ1) is 16.4. The molecule has 0 bridgehead atoms. The Morgan fingerprint density at radius 2 is 2.11 bits per heavy atom. The number of rotatable bonds is 4. The molecule has 0 amide bonds. The normalized spacial score (nSPS) is 13.1. The molecule has 0 spiro atoms. The average molecular weight is 371 g/mol. The van der Waals surface area contributed by atoms with Gasteiger partial charge in [-0.05, 0) is 41.4 Å². The van der Waals surface area contributed by atoms with Crippen LogP contribution in [-0.2, 0) is 14.8 Å². The molecule has 19 heavy (non-hydrogen) atoms. The molecule has 1 atom stereocenters. The Bertz CT molecular complexity index is 603. The monoisotopic (exact) mass is 369 g/mol. The van der Waals surface area contributed by atoms with Crippen LogP contribution in [0.4, 0.5) is 0 Å². The molecule has 2 N–H and O–H groups in total. The van der Waals surface area contributed by atoms with Crippen LogP contribution in [0.25, 0.3) is 0 Å². The second-order valence-corrected chi connectivity index (χ2v) is 6.67. The van der Waals surface area contributed by atoms with Crippen LogP contribution in [0, 0.1) is 0 Å². The van der Waals surface area contributed by atoms with Crippen molar-refractivity contribution in [2.75, 3.05) is 0 Å². The molecule has 0 fully saturated rings. The molecule has 1 rings (SSSR count). The summed E-state index contributed by atoms with van der Waals surface area (Å²) in [5.74, 6) is -0.645. The lowest BCUT2D eigenvalue weighted by atomic mass is 10.2. The summed E-state index contributed by atoms with van der Waals surface area (Å²) in [5.41, 5.74) is 0.0394. The molecule has 8 heteroatoms. The summed E-state index contributed by atoms with van der Waals surface area (Å²) in [5, 5.41) is 5.13. The molecule has 5 nitrogen and oxygen atoms in total. The van der Waals surface area contributed by atoms with Gasteiger partial charge in [-0.2, -0.15) is 0 Å². The van der Waals surface area contributed by atoms with Crippen molar-refractivity contribution in [2.24, 2.45) is 5.14 Å². The second-order valence-electron chi connectivity index (χ2n) is 3.94. The van der Waals surface area contributed by atoms with E-state index in [1.165, 1.54) is 6.07 Å². The summed E-state index contributed by atoms with van der Waals surface area (Å²) in [6.45, 7) is 3.60. The maximum atomic E-state index is 11.8. The summed E-state index contributed by atoms with van der Waals surface area (Å²) in [6.07, 6.45) is 0.380. The number of primary sulfonamides is 1. The van der Waals surface area contributed by atoms with Crippen LogP contribution in [0.2, 0.25) is 5.02 Å². The highest BCUT2D eigenvalue weighted by atomic mass is 79.9. The van der Waals surface area contributed by atoms with Crippen molar-refractivity contribution in [1.29, 1.82) is 0 Å². The lowest BCUT2D eigenvalue weighted by molar-refractivity contribution is 0.0334. The Kier molecular flexibility index (Phi) is 5.37. The first-order valence-electron chi connectivity index (χ1n) is 5.39. The van der Waals surface area contributed by atoms with Crippen molar-refractivity contribution in [3.05, 3.63) is 27.2 Å². The van der Waals surface area contributed by atoms with Gasteiger partial charge in [0.1, 0.15) is 0 Å². The van der Waals surface area contributed by atoms with E-state index in [-0.39, 0.29) is 26.1 Å². The van der Waals surface area contributed by atoms with E-state index >= 15 is 0 Å². The van der Waals surface area contributed by atoms with Crippen LogP contribution in [0.3, 0.4) is 0 Å². The maximum absolute atomic E-state index is 11.8. The highest BCUT2D eigenvalue weighted by molar-refractivity contribution is 9.10. The molecule has 0 saturated heterocycles. The predicted molar refractivity (Wildman–Crippen MR) is 75.7 cm³/mol. The third-order valence-electron chi connectivity index (χ3n) is 2.42. The van der Waals surface area contributed by atoms with Crippen molar-refractivity contribution in [2.45, 2.75) is 31.3 Å². The molecular weight excluding hydrogens is 358 g/mol. The minimum Gasteiger partial charge on any atom is -0.459 e. The van der Waals surface area contributed by atoms with E-state index in [1.807, 2.05) is 6.92 Å². The molecule has 1 aromatic rings. The Balaban J connectivity index is 3.25. The van der Waals surface area contributed by atoms with Gasteiger partial charge in [0.05, 0.1) is 26.1 Å². The zero-order chi connectivity index (χ0) is 14.8. The third kappa shape index (κ3) is 4.17. The average Bonchev–Trinajstić information content (AvgIpc) is 2.30. The highest BCUT2D eigenvalue weighted by Gasteiger charge is 2.20. The first-order chi connectivity index (χ1) is 8.66. The molecule has 0 aliphatic rings. The summed E-state index contributed by atoms with van der Waals surface area (Å²) in [6, 6.07) is 2.46. The Labute approximate surface area is 125 Å². The van der Waals surface area contributed by atoms with Crippen LogP contribution in [0.1, 0.15) is 30.6 Å². The molecule has 106 valence electrons. The summed E-state index contributed by atoms with van der Waals surface area (Å²) >= 11 is 8.89. The van der Waals surface area contributed by atoms with Gasteiger partial charge in [-0.15, -0.1) is 0 Å². The number of benzene rings is 1. The minimum absolute atomic E-state index is 0.0394. The van der Waals surface area contributed by atoms with Gasteiger partial charge in [0.15, 0.2) is 0 Å². The van der Waals surface area contributed by atoms with Gasteiger partial charge in [0, 0.05) is 0 Å². The standard InChI is InChI=1S/C11H13BrClNO4S/c1-3-6(2)18-11(15)7-4-8(13)10(12)9(5-7)19(14,16)17/h4-6H,3H2,1-2H3,(H2,14,16,17). The lowest BCUT2D eigenvalue weighted by Crippen LogP contribution is -2.17. The first-order valence-corrected chi connectivity index (χ1v) is 8.11. The van der Waals surface area contributed by atoms with E-state index in [1.54, 1.807) is 6.92 Å².